The average molecular weight is 265 g/mol. The molecule has 1 aromatic carbocycles. The third-order valence-corrected chi connectivity index (χ3v) is 3.24. The van der Waals surface area contributed by atoms with Crippen molar-refractivity contribution in [3.8, 4) is 11.5 Å². The Morgan fingerprint density at radius 2 is 1.95 bits per heavy atom. The van der Waals surface area contributed by atoms with Crippen molar-refractivity contribution in [1.29, 1.82) is 0 Å². The van der Waals surface area contributed by atoms with Crippen LogP contribution in [-0.2, 0) is 4.74 Å². The number of hydrogen-bond acceptors (Lipinski definition) is 4. The van der Waals surface area contributed by atoms with Gasteiger partial charge < -0.3 is 19.1 Å². The molecule has 0 aliphatic carbocycles. The summed E-state index contributed by atoms with van der Waals surface area (Å²) < 4.78 is 15.8. The number of benzene rings is 1. The van der Waals surface area contributed by atoms with E-state index in [0.29, 0.717) is 18.0 Å². The van der Waals surface area contributed by atoms with Gasteiger partial charge >= 0.3 is 6.09 Å². The van der Waals surface area contributed by atoms with Crippen molar-refractivity contribution >= 4 is 6.09 Å². The Kier molecular flexibility index (Phi) is 3.83. The lowest BCUT2D eigenvalue weighted by Crippen LogP contribution is -2.31. The van der Waals surface area contributed by atoms with Crippen LogP contribution in [0, 0.1) is 0 Å². The second-order valence-corrected chi connectivity index (χ2v) is 4.73. The van der Waals surface area contributed by atoms with E-state index in [-0.39, 0.29) is 18.2 Å². The number of carbonyl (C=O) groups is 1. The summed E-state index contributed by atoms with van der Waals surface area (Å²) in [6, 6.07) is 5.70. The summed E-state index contributed by atoms with van der Waals surface area (Å²) in [6.45, 7) is 4.50. The molecule has 1 aliphatic rings. The highest BCUT2D eigenvalue weighted by molar-refractivity contribution is 5.70. The van der Waals surface area contributed by atoms with E-state index in [1.165, 1.54) is 0 Å². The van der Waals surface area contributed by atoms with Crippen LogP contribution in [0.2, 0.25) is 0 Å². The second-order valence-electron chi connectivity index (χ2n) is 4.73. The van der Waals surface area contributed by atoms with Gasteiger partial charge in [-0.3, -0.25) is 0 Å². The molecule has 104 valence electrons. The fourth-order valence-corrected chi connectivity index (χ4v) is 2.13. The van der Waals surface area contributed by atoms with Crippen LogP contribution < -0.4 is 9.47 Å². The number of rotatable bonds is 4. The van der Waals surface area contributed by atoms with E-state index < -0.39 is 0 Å². The predicted octanol–water partition coefficient (Wildman–Crippen LogP) is 2.61. The predicted molar refractivity (Wildman–Crippen MR) is 70.6 cm³/mol. The van der Waals surface area contributed by atoms with E-state index in [4.69, 9.17) is 14.2 Å². The Morgan fingerprint density at radius 3 is 2.47 bits per heavy atom. The molecule has 0 saturated carbocycles. The lowest BCUT2D eigenvalue weighted by molar-refractivity contribution is 0.130. The summed E-state index contributed by atoms with van der Waals surface area (Å²) in [4.78, 5) is 13.4. The molecular weight excluding hydrogens is 246 g/mol. The van der Waals surface area contributed by atoms with Crippen molar-refractivity contribution in [2.24, 2.45) is 0 Å². The highest BCUT2D eigenvalue weighted by Crippen LogP contribution is 2.34. The number of ether oxygens (including phenoxy) is 3. The zero-order valence-corrected chi connectivity index (χ0v) is 11.7. The van der Waals surface area contributed by atoms with Gasteiger partial charge in [0.1, 0.15) is 6.10 Å². The smallest absolute Gasteiger partial charge is 0.410 e. The Balaban J connectivity index is 2.22. The van der Waals surface area contributed by atoms with Crippen LogP contribution in [0.5, 0.6) is 11.5 Å². The zero-order valence-electron chi connectivity index (χ0n) is 11.7. The fourth-order valence-electron chi connectivity index (χ4n) is 2.13. The summed E-state index contributed by atoms with van der Waals surface area (Å²) in [5, 5.41) is 0. The minimum Gasteiger partial charge on any atom is -0.493 e. The Bertz CT molecular complexity index is 473. The first-order chi connectivity index (χ1) is 9.06. The van der Waals surface area contributed by atoms with E-state index in [1.54, 1.807) is 19.1 Å². The lowest BCUT2D eigenvalue weighted by atomic mass is 10.1. The number of cyclic esters (lactones) is 1. The summed E-state index contributed by atoms with van der Waals surface area (Å²) in [5.41, 5.74) is 0.911. The van der Waals surface area contributed by atoms with Gasteiger partial charge in [-0.15, -0.1) is 0 Å². The molecule has 1 heterocycles. The first-order valence-electron chi connectivity index (χ1n) is 6.26. The zero-order chi connectivity index (χ0) is 14.0. The van der Waals surface area contributed by atoms with Crippen LogP contribution in [0.3, 0.4) is 0 Å². The Hall–Kier alpha value is -1.91. The molecule has 2 rings (SSSR count). The summed E-state index contributed by atoms with van der Waals surface area (Å²) >= 11 is 0. The molecule has 1 saturated heterocycles. The molecule has 5 nitrogen and oxygen atoms in total. The van der Waals surface area contributed by atoms with E-state index >= 15 is 0 Å². The fraction of sp³-hybridized carbons (Fsp3) is 0.500. The van der Waals surface area contributed by atoms with E-state index in [1.807, 2.05) is 32.0 Å². The van der Waals surface area contributed by atoms with Crippen molar-refractivity contribution < 1.29 is 19.0 Å². The number of amides is 1. The molecule has 19 heavy (non-hydrogen) atoms. The van der Waals surface area contributed by atoms with Gasteiger partial charge in [-0.05, 0) is 31.5 Å². The van der Waals surface area contributed by atoms with Crippen molar-refractivity contribution in [2.45, 2.75) is 26.0 Å². The highest BCUT2D eigenvalue weighted by atomic mass is 16.6. The van der Waals surface area contributed by atoms with Gasteiger partial charge in [-0.2, -0.15) is 0 Å². The molecule has 0 N–H and O–H groups in total. The molecule has 5 heteroatoms. The second kappa shape index (κ2) is 5.38. The summed E-state index contributed by atoms with van der Waals surface area (Å²) in [5.74, 6) is 1.30. The van der Waals surface area contributed by atoms with Gasteiger partial charge in [0.05, 0.1) is 20.8 Å². The molecule has 1 aromatic rings. The van der Waals surface area contributed by atoms with Gasteiger partial charge in [0.2, 0.25) is 0 Å². The van der Waals surface area contributed by atoms with Gasteiger partial charge in [-0.25, -0.2) is 4.79 Å². The quantitative estimate of drug-likeness (QED) is 0.839. The monoisotopic (exact) mass is 265 g/mol. The number of nitrogens with zero attached hydrogens (tertiary/aromatic N) is 1. The number of hydrogen-bond donors (Lipinski definition) is 0. The number of methoxy groups -OCH3 is 2. The Labute approximate surface area is 113 Å². The summed E-state index contributed by atoms with van der Waals surface area (Å²) in [6.07, 6.45) is -0.524. The maximum Gasteiger partial charge on any atom is 0.410 e. The van der Waals surface area contributed by atoms with Crippen LogP contribution in [0.4, 0.5) is 4.79 Å². The molecule has 0 spiro atoms. The van der Waals surface area contributed by atoms with Gasteiger partial charge in [-0.1, -0.05) is 6.07 Å². The van der Waals surface area contributed by atoms with Crippen LogP contribution in [0.1, 0.15) is 25.5 Å². The molecule has 0 radical (unpaired) electrons. The minimum atomic E-state index is -0.269. The van der Waals surface area contributed by atoms with Gasteiger partial charge in [0, 0.05) is 6.04 Å². The van der Waals surface area contributed by atoms with Crippen LogP contribution >= 0.6 is 0 Å². The topological polar surface area (TPSA) is 48.0 Å². The van der Waals surface area contributed by atoms with Crippen LogP contribution in [0.15, 0.2) is 18.2 Å². The molecule has 0 aromatic heterocycles. The van der Waals surface area contributed by atoms with Crippen LogP contribution in [0.25, 0.3) is 0 Å². The molecule has 1 fully saturated rings. The molecule has 1 unspecified atom stereocenters. The minimum absolute atomic E-state index is 0.137. The van der Waals surface area contributed by atoms with E-state index in [0.717, 1.165) is 5.56 Å². The highest BCUT2D eigenvalue weighted by Gasteiger charge is 2.34. The standard InChI is InChI=1S/C14H19NO4/c1-9(2)15-8-13(19-14(15)16)10-5-6-11(17-3)12(7-10)18-4/h5-7,9,13H,8H2,1-4H3. The molecule has 0 bridgehead atoms. The van der Waals surface area contributed by atoms with Gasteiger partial charge in [0.25, 0.3) is 0 Å². The molecule has 1 aliphatic heterocycles. The van der Waals surface area contributed by atoms with Crippen molar-refractivity contribution in [3.05, 3.63) is 23.8 Å². The van der Waals surface area contributed by atoms with E-state index in [9.17, 15) is 4.79 Å². The van der Waals surface area contributed by atoms with Crippen molar-refractivity contribution in [2.75, 3.05) is 20.8 Å². The van der Waals surface area contributed by atoms with Crippen LogP contribution in [-0.4, -0.2) is 37.8 Å². The third-order valence-electron chi connectivity index (χ3n) is 3.24. The molecule has 1 amide bonds. The largest absolute Gasteiger partial charge is 0.493 e. The maximum absolute atomic E-state index is 11.7. The average Bonchev–Trinajstić information content (AvgIpc) is 2.80. The SMILES string of the molecule is COc1ccc(C2CN(C(C)C)C(=O)O2)cc1OC. The first kappa shape index (κ1) is 13.5. The van der Waals surface area contributed by atoms with Gasteiger partial charge in [0.15, 0.2) is 11.5 Å². The molecule has 1 atom stereocenters. The number of carbonyl (C=O) groups excluding carboxylic acids is 1. The summed E-state index contributed by atoms with van der Waals surface area (Å²) in [7, 11) is 3.18. The third kappa shape index (κ3) is 2.59. The van der Waals surface area contributed by atoms with Crippen molar-refractivity contribution in [3.63, 3.8) is 0 Å². The maximum atomic E-state index is 11.7. The Morgan fingerprint density at radius 1 is 1.26 bits per heavy atom. The van der Waals surface area contributed by atoms with Crippen molar-refractivity contribution in [1.82, 2.24) is 4.90 Å². The molecular formula is C14H19NO4. The first-order valence-corrected chi connectivity index (χ1v) is 6.26. The van der Waals surface area contributed by atoms with E-state index in [2.05, 4.69) is 0 Å². The normalized spacial score (nSPS) is 18.7. The lowest BCUT2D eigenvalue weighted by Gasteiger charge is -2.17.